The number of fused-ring (bicyclic) bond motifs is 1. The van der Waals surface area contributed by atoms with E-state index in [-0.39, 0.29) is 5.78 Å². The number of rotatable bonds is 2. The second-order valence-electron chi connectivity index (χ2n) is 4.00. The first-order valence-electron chi connectivity index (χ1n) is 7.63. The summed E-state index contributed by atoms with van der Waals surface area (Å²) in [4.78, 5) is 11.4. The minimum Gasteiger partial charge on any atom is -0.295 e. The van der Waals surface area contributed by atoms with Gasteiger partial charge in [-0.05, 0) is 42.0 Å². The maximum absolute atomic E-state index is 11.4. The number of hydrogen-bond acceptors (Lipinski definition) is 1. The minimum absolute atomic E-state index is 0.238. The van der Waals surface area contributed by atoms with Crippen molar-refractivity contribution >= 4 is 11.4 Å². The third-order valence-electron chi connectivity index (χ3n) is 2.94. The summed E-state index contributed by atoms with van der Waals surface area (Å²) in [5.74, 6) is 0.238. The molecule has 0 heterocycles. The average Bonchev–Trinajstić information content (AvgIpc) is 2.51. The van der Waals surface area contributed by atoms with Crippen molar-refractivity contribution in [2.75, 3.05) is 0 Å². The van der Waals surface area contributed by atoms with Crippen LogP contribution >= 0.6 is 0 Å². The molecule has 1 heteroatoms. The molecule has 0 spiro atoms. The fourth-order valence-electron chi connectivity index (χ4n) is 2.10. The lowest BCUT2D eigenvalue weighted by molar-refractivity contribution is -0.114. The van der Waals surface area contributed by atoms with Crippen molar-refractivity contribution in [1.82, 2.24) is 0 Å². The normalized spacial score (nSPS) is 14.5. The van der Waals surface area contributed by atoms with Crippen LogP contribution in [0.3, 0.4) is 0 Å². The SMILES string of the molecule is CC.CC.CCC(=O)C=C1CCCc2ccccc21. The highest BCUT2D eigenvalue weighted by Crippen LogP contribution is 2.30. The van der Waals surface area contributed by atoms with Gasteiger partial charge in [0, 0.05) is 6.42 Å². The molecule has 0 aliphatic heterocycles. The Balaban J connectivity index is 0.000000741. The van der Waals surface area contributed by atoms with Crippen molar-refractivity contribution in [1.29, 1.82) is 0 Å². The van der Waals surface area contributed by atoms with Gasteiger partial charge in [0.05, 0.1) is 0 Å². The van der Waals surface area contributed by atoms with Crippen LogP contribution in [0.2, 0.25) is 0 Å². The maximum Gasteiger partial charge on any atom is 0.155 e. The van der Waals surface area contributed by atoms with Gasteiger partial charge >= 0.3 is 0 Å². The van der Waals surface area contributed by atoms with Crippen LogP contribution in [-0.2, 0) is 11.2 Å². The first kappa shape index (κ1) is 17.6. The molecular weight excluding hydrogens is 232 g/mol. The van der Waals surface area contributed by atoms with E-state index in [9.17, 15) is 4.79 Å². The molecule has 2 rings (SSSR count). The van der Waals surface area contributed by atoms with Gasteiger partial charge in [-0.1, -0.05) is 58.9 Å². The van der Waals surface area contributed by atoms with E-state index in [2.05, 4.69) is 24.3 Å². The van der Waals surface area contributed by atoms with Crippen LogP contribution in [0.25, 0.3) is 5.57 Å². The number of aryl methyl sites for hydroxylation is 1. The summed E-state index contributed by atoms with van der Waals surface area (Å²) in [6, 6.07) is 8.42. The van der Waals surface area contributed by atoms with Gasteiger partial charge in [0.2, 0.25) is 0 Å². The molecule has 0 radical (unpaired) electrons. The van der Waals surface area contributed by atoms with Gasteiger partial charge in [0.15, 0.2) is 5.78 Å². The number of carbonyl (C=O) groups excluding carboxylic acids is 1. The van der Waals surface area contributed by atoms with Crippen molar-refractivity contribution in [3.8, 4) is 0 Å². The summed E-state index contributed by atoms with van der Waals surface area (Å²) < 4.78 is 0. The zero-order chi connectivity index (χ0) is 14.7. The van der Waals surface area contributed by atoms with E-state index in [1.165, 1.54) is 23.1 Å². The highest BCUT2D eigenvalue weighted by molar-refractivity contribution is 5.97. The summed E-state index contributed by atoms with van der Waals surface area (Å²) in [5, 5.41) is 0. The van der Waals surface area contributed by atoms with E-state index in [1.807, 2.05) is 40.7 Å². The molecule has 0 aromatic heterocycles. The van der Waals surface area contributed by atoms with Crippen LogP contribution in [0.1, 0.15) is 65.0 Å². The predicted octanol–water partition coefficient (Wildman–Crippen LogP) is 5.44. The lowest BCUT2D eigenvalue weighted by atomic mass is 9.87. The number of hydrogen-bond donors (Lipinski definition) is 0. The van der Waals surface area contributed by atoms with Crippen molar-refractivity contribution in [3.63, 3.8) is 0 Å². The Bertz CT molecular complexity index is 402. The van der Waals surface area contributed by atoms with Crippen LogP contribution in [0.15, 0.2) is 30.3 Å². The number of benzene rings is 1. The lowest BCUT2D eigenvalue weighted by Crippen LogP contribution is -2.03. The van der Waals surface area contributed by atoms with Gasteiger partial charge in [-0.25, -0.2) is 0 Å². The molecule has 0 amide bonds. The lowest BCUT2D eigenvalue weighted by Gasteiger charge is -2.18. The molecule has 0 saturated heterocycles. The molecule has 1 aliphatic carbocycles. The molecule has 0 atom stereocenters. The van der Waals surface area contributed by atoms with E-state index in [0.29, 0.717) is 6.42 Å². The number of allylic oxidation sites excluding steroid dienone is 2. The fraction of sp³-hybridized carbons (Fsp3) is 0.500. The zero-order valence-corrected chi connectivity index (χ0v) is 13.1. The maximum atomic E-state index is 11.4. The van der Waals surface area contributed by atoms with Crippen molar-refractivity contribution in [2.45, 2.75) is 60.3 Å². The molecule has 1 aromatic carbocycles. The molecule has 0 saturated carbocycles. The summed E-state index contributed by atoms with van der Waals surface area (Å²) in [5.41, 5.74) is 3.90. The van der Waals surface area contributed by atoms with Gasteiger partial charge in [-0.15, -0.1) is 0 Å². The van der Waals surface area contributed by atoms with Crippen LogP contribution in [0.4, 0.5) is 0 Å². The summed E-state index contributed by atoms with van der Waals surface area (Å²) in [6.07, 6.45) is 5.79. The number of ketones is 1. The fourth-order valence-corrected chi connectivity index (χ4v) is 2.10. The Hall–Kier alpha value is -1.37. The number of carbonyl (C=O) groups is 1. The first-order valence-corrected chi connectivity index (χ1v) is 7.63. The second kappa shape index (κ2) is 10.5. The molecular formula is C18H28O. The van der Waals surface area contributed by atoms with Crippen LogP contribution in [-0.4, -0.2) is 5.78 Å². The Morgan fingerprint density at radius 3 is 2.37 bits per heavy atom. The van der Waals surface area contributed by atoms with E-state index in [0.717, 1.165) is 12.8 Å². The Morgan fingerprint density at radius 1 is 1.11 bits per heavy atom. The molecule has 1 aromatic rings. The molecule has 1 nitrogen and oxygen atoms in total. The van der Waals surface area contributed by atoms with Gasteiger partial charge in [-0.3, -0.25) is 4.79 Å². The smallest absolute Gasteiger partial charge is 0.155 e. The minimum atomic E-state index is 0.238. The molecule has 106 valence electrons. The van der Waals surface area contributed by atoms with Gasteiger partial charge in [-0.2, -0.15) is 0 Å². The molecule has 0 fully saturated rings. The van der Waals surface area contributed by atoms with Crippen LogP contribution < -0.4 is 0 Å². The average molecular weight is 260 g/mol. The largest absolute Gasteiger partial charge is 0.295 e. The Labute approximate surface area is 118 Å². The molecule has 0 unspecified atom stereocenters. The van der Waals surface area contributed by atoms with E-state index >= 15 is 0 Å². The summed E-state index contributed by atoms with van der Waals surface area (Å²) in [6.45, 7) is 9.91. The first-order chi connectivity index (χ1) is 9.31. The van der Waals surface area contributed by atoms with E-state index < -0.39 is 0 Å². The van der Waals surface area contributed by atoms with Crippen molar-refractivity contribution in [3.05, 3.63) is 41.5 Å². The Morgan fingerprint density at radius 2 is 1.74 bits per heavy atom. The summed E-state index contributed by atoms with van der Waals surface area (Å²) in [7, 11) is 0. The summed E-state index contributed by atoms with van der Waals surface area (Å²) >= 11 is 0. The quantitative estimate of drug-likeness (QED) is 0.647. The highest BCUT2D eigenvalue weighted by Gasteiger charge is 2.13. The monoisotopic (exact) mass is 260 g/mol. The van der Waals surface area contributed by atoms with Gasteiger partial charge in [0.25, 0.3) is 0 Å². The standard InChI is InChI=1S/C14H16O.2C2H6/c1-2-13(15)10-12-8-5-7-11-6-3-4-9-14(11)12;2*1-2/h3-4,6,9-10H,2,5,7-8H2,1H3;2*1-2H3. The molecule has 19 heavy (non-hydrogen) atoms. The third-order valence-corrected chi connectivity index (χ3v) is 2.94. The van der Waals surface area contributed by atoms with Crippen molar-refractivity contribution < 1.29 is 4.79 Å². The Kier molecular flexibility index (Phi) is 9.78. The van der Waals surface area contributed by atoms with Gasteiger partial charge in [0.1, 0.15) is 0 Å². The zero-order valence-electron chi connectivity index (χ0n) is 13.1. The molecule has 1 aliphatic rings. The van der Waals surface area contributed by atoms with Crippen molar-refractivity contribution in [2.24, 2.45) is 0 Å². The molecule has 0 N–H and O–H groups in total. The van der Waals surface area contributed by atoms with Crippen LogP contribution in [0, 0.1) is 0 Å². The topological polar surface area (TPSA) is 17.1 Å². The van der Waals surface area contributed by atoms with E-state index in [4.69, 9.17) is 0 Å². The third kappa shape index (κ3) is 5.42. The second-order valence-corrected chi connectivity index (χ2v) is 4.00. The highest BCUT2D eigenvalue weighted by atomic mass is 16.1. The predicted molar refractivity (Wildman–Crippen MR) is 85.4 cm³/mol. The van der Waals surface area contributed by atoms with E-state index in [1.54, 1.807) is 0 Å². The molecule has 0 bridgehead atoms. The van der Waals surface area contributed by atoms with Crippen LogP contribution in [0.5, 0.6) is 0 Å². The van der Waals surface area contributed by atoms with Gasteiger partial charge < -0.3 is 0 Å².